The molecule has 104 valence electrons. The molecule has 0 heterocycles. The Hall–Kier alpha value is -1.30. The number of carboxylic acids is 1. The molecule has 0 unspecified atom stereocenters. The Balaban J connectivity index is 2.54. The minimum Gasteiger partial charge on any atom is -0.480 e. The first-order chi connectivity index (χ1) is 8.60. The van der Waals surface area contributed by atoms with E-state index in [4.69, 9.17) is 10.2 Å². The zero-order chi connectivity index (χ0) is 13.5. The highest BCUT2D eigenvalue weighted by Crippen LogP contribution is 2.25. The number of aliphatic hydroxyl groups excluding tert-OH is 1. The molecular formula is C12H22N2O4. The Labute approximate surface area is 107 Å². The molecule has 0 saturated heterocycles. The van der Waals surface area contributed by atoms with Crippen LogP contribution in [0.5, 0.6) is 0 Å². The highest BCUT2D eigenvalue weighted by atomic mass is 16.4. The van der Waals surface area contributed by atoms with Crippen LogP contribution in [0.25, 0.3) is 0 Å². The first-order valence-corrected chi connectivity index (χ1v) is 6.51. The number of hydrogen-bond donors (Lipinski definition) is 3. The van der Waals surface area contributed by atoms with Gasteiger partial charge in [-0.25, -0.2) is 9.59 Å². The molecule has 1 fully saturated rings. The quantitative estimate of drug-likeness (QED) is 0.630. The van der Waals surface area contributed by atoms with Gasteiger partial charge in [-0.1, -0.05) is 6.92 Å². The van der Waals surface area contributed by atoms with Gasteiger partial charge in [-0.15, -0.1) is 0 Å². The molecule has 1 aliphatic carbocycles. The summed E-state index contributed by atoms with van der Waals surface area (Å²) in [6.07, 6.45) is 3.91. The molecule has 0 aromatic carbocycles. The minimum absolute atomic E-state index is 0.0344. The highest BCUT2D eigenvalue weighted by Gasteiger charge is 2.30. The summed E-state index contributed by atoms with van der Waals surface area (Å²) in [5, 5.41) is 20.3. The normalized spacial score (nSPS) is 16.8. The van der Waals surface area contributed by atoms with Gasteiger partial charge in [0, 0.05) is 19.2 Å². The Morgan fingerprint density at radius 3 is 2.50 bits per heavy atom. The summed E-state index contributed by atoms with van der Waals surface area (Å²) in [7, 11) is 0. The number of aliphatic carboxylic acids is 1. The van der Waals surface area contributed by atoms with Crippen molar-refractivity contribution < 1.29 is 19.8 Å². The molecule has 18 heavy (non-hydrogen) atoms. The zero-order valence-electron chi connectivity index (χ0n) is 10.8. The van der Waals surface area contributed by atoms with Crippen LogP contribution in [-0.4, -0.2) is 52.3 Å². The molecule has 3 N–H and O–H groups in total. The maximum absolute atomic E-state index is 12.0. The molecular weight excluding hydrogens is 236 g/mol. The first kappa shape index (κ1) is 14.8. The van der Waals surface area contributed by atoms with E-state index in [9.17, 15) is 9.59 Å². The van der Waals surface area contributed by atoms with Crippen molar-refractivity contribution >= 4 is 12.0 Å². The molecule has 0 aromatic rings. The first-order valence-electron chi connectivity index (χ1n) is 6.51. The van der Waals surface area contributed by atoms with Gasteiger partial charge in [0.05, 0.1) is 0 Å². The fraction of sp³-hybridized carbons (Fsp3) is 0.833. The van der Waals surface area contributed by atoms with Crippen molar-refractivity contribution in [3.63, 3.8) is 0 Å². The summed E-state index contributed by atoms with van der Waals surface area (Å²) >= 11 is 0. The number of nitrogens with one attached hydrogen (secondary N) is 1. The van der Waals surface area contributed by atoms with Crippen LogP contribution in [0.3, 0.4) is 0 Å². The number of amides is 2. The summed E-state index contributed by atoms with van der Waals surface area (Å²) in [5.74, 6) is -1.01. The number of urea groups is 1. The SMILES string of the molecule is CC[C@@H](NC(=O)N(CCCO)C1CCC1)C(=O)O. The molecule has 0 spiro atoms. The predicted octanol–water partition coefficient (Wildman–Crippen LogP) is 0.796. The Morgan fingerprint density at radius 2 is 2.11 bits per heavy atom. The van der Waals surface area contributed by atoms with Gasteiger partial charge in [0.1, 0.15) is 6.04 Å². The van der Waals surface area contributed by atoms with Crippen molar-refractivity contribution in [3.05, 3.63) is 0 Å². The van der Waals surface area contributed by atoms with E-state index < -0.39 is 12.0 Å². The lowest BCUT2D eigenvalue weighted by atomic mass is 9.91. The van der Waals surface area contributed by atoms with E-state index in [0.717, 1.165) is 19.3 Å². The maximum Gasteiger partial charge on any atom is 0.326 e. The summed E-state index contributed by atoms with van der Waals surface area (Å²) in [6.45, 7) is 2.23. The van der Waals surface area contributed by atoms with Gasteiger partial charge >= 0.3 is 12.0 Å². The molecule has 1 rings (SSSR count). The lowest BCUT2D eigenvalue weighted by molar-refractivity contribution is -0.139. The third-order valence-electron chi connectivity index (χ3n) is 3.34. The fourth-order valence-electron chi connectivity index (χ4n) is 1.96. The lowest BCUT2D eigenvalue weighted by Gasteiger charge is -2.38. The van der Waals surface area contributed by atoms with Crippen molar-refractivity contribution in [2.24, 2.45) is 0 Å². The van der Waals surface area contributed by atoms with Crippen molar-refractivity contribution in [3.8, 4) is 0 Å². The van der Waals surface area contributed by atoms with Gasteiger partial charge in [0.25, 0.3) is 0 Å². The van der Waals surface area contributed by atoms with Crippen LogP contribution in [0.1, 0.15) is 39.0 Å². The van der Waals surface area contributed by atoms with Crippen LogP contribution in [-0.2, 0) is 4.79 Å². The Morgan fingerprint density at radius 1 is 1.44 bits per heavy atom. The summed E-state index contributed by atoms with van der Waals surface area (Å²) in [6, 6.07) is -0.973. The van der Waals surface area contributed by atoms with Gasteiger partial charge in [-0.2, -0.15) is 0 Å². The molecule has 0 aromatic heterocycles. The average Bonchev–Trinajstić information content (AvgIpc) is 2.27. The van der Waals surface area contributed by atoms with Gasteiger partial charge in [-0.05, 0) is 32.1 Å². The van der Waals surface area contributed by atoms with E-state index in [0.29, 0.717) is 19.4 Å². The number of rotatable bonds is 7. The second-order valence-electron chi connectivity index (χ2n) is 4.60. The second kappa shape index (κ2) is 7.20. The highest BCUT2D eigenvalue weighted by molar-refractivity contribution is 5.82. The van der Waals surface area contributed by atoms with E-state index in [1.807, 2.05) is 0 Å². The number of carboxylic acid groups (broad SMARTS) is 1. The van der Waals surface area contributed by atoms with E-state index in [2.05, 4.69) is 5.32 Å². The molecule has 1 saturated carbocycles. The number of aliphatic hydroxyl groups is 1. The average molecular weight is 258 g/mol. The van der Waals surface area contributed by atoms with E-state index in [-0.39, 0.29) is 18.7 Å². The van der Waals surface area contributed by atoms with Crippen LogP contribution >= 0.6 is 0 Å². The van der Waals surface area contributed by atoms with Gasteiger partial charge in [-0.3, -0.25) is 0 Å². The van der Waals surface area contributed by atoms with Crippen LogP contribution in [0.2, 0.25) is 0 Å². The summed E-state index contributed by atoms with van der Waals surface area (Å²) < 4.78 is 0. The molecule has 0 radical (unpaired) electrons. The molecule has 1 atom stereocenters. The van der Waals surface area contributed by atoms with Crippen LogP contribution in [0.4, 0.5) is 4.79 Å². The second-order valence-corrected chi connectivity index (χ2v) is 4.60. The summed E-state index contributed by atoms with van der Waals surface area (Å²) in [5.41, 5.74) is 0. The lowest BCUT2D eigenvalue weighted by Crippen LogP contribution is -2.53. The number of nitrogens with zero attached hydrogens (tertiary/aromatic N) is 1. The largest absolute Gasteiger partial charge is 0.480 e. The van der Waals surface area contributed by atoms with Gasteiger partial charge in [0.2, 0.25) is 0 Å². The minimum atomic E-state index is -1.01. The molecule has 0 aliphatic heterocycles. The van der Waals surface area contributed by atoms with Crippen LogP contribution < -0.4 is 5.32 Å². The Bertz CT molecular complexity index is 292. The van der Waals surface area contributed by atoms with Gasteiger partial charge in [0.15, 0.2) is 0 Å². The van der Waals surface area contributed by atoms with Crippen molar-refractivity contribution in [2.45, 2.75) is 51.1 Å². The standard InChI is InChI=1S/C12H22N2O4/c1-2-10(11(16)17)13-12(18)14(7-4-8-15)9-5-3-6-9/h9-10,15H,2-8H2,1H3,(H,13,18)(H,16,17)/t10-/m1/s1. The molecule has 0 bridgehead atoms. The van der Waals surface area contributed by atoms with Gasteiger partial charge < -0.3 is 20.4 Å². The van der Waals surface area contributed by atoms with Crippen LogP contribution in [0.15, 0.2) is 0 Å². The monoisotopic (exact) mass is 258 g/mol. The molecule has 2 amide bonds. The van der Waals surface area contributed by atoms with Crippen molar-refractivity contribution in [1.82, 2.24) is 10.2 Å². The van der Waals surface area contributed by atoms with E-state index in [1.165, 1.54) is 0 Å². The number of carbonyl (C=O) groups is 2. The topological polar surface area (TPSA) is 89.9 Å². The van der Waals surface area contributed by atoms with Crippen molar-refractivity contribution in [1.29, 1.82) is 0 Å². The maximum atomic E-state index is 12.0. The molecule has 6 nitrogen and oxygen atoms in total. The molecule has 1 aliphatic rings. The third-order valence-corrected chi connectivity index (χ3v) is 3.34. The van der Waals surface area contributed by atoms with Crippen LogP contribution in [0, 0.1) is 0 Å². The van der Waals surface area contributed by atoms with E-state index >= 15 is 0 Å². The fourth-order valence-corrected chi connectivity index (χ4v) is 1.96. The zero-order valence-corrected chi connectivity index (χ0v) is 10.8. The third kappa shape index (κ3) is 3.87. The summed E-state index contributed by atoms with van der Waals surface area (Å²) in [4.78, 5) is 24.6. The number of carbonyl (C=O) groups excluding carboxylic acids is 1. The molecule has 6 heteroatoms. The van der Waals surface area contributed by atoms with Crippen molar-refractivity contribution in [2.75, 3.05) is 13.2 Å². The van der Waals surface area contributed by atoms with E-state index in [1.54, 1.807) is 11.8 Å². The predicted molar refractivity (Wildman–Crippen MR) is 66.3 cm³/mol. The smallest absolute Gasteiger partial charge is 0.326 e. The Kier molecular flexibility index (Phi) is 5.91. The number of hydrogen-bond acceptors (Lipinski definition) is 3.